The van der Waals surface area contributed by atoms with Gasteiger partial charge >= 0.3 is 5.97 Å². The molecule has 4 N–H and O–H groups in total. The molecule has 0 heterocycles. The number of carboxylic acid groups (broad SMARTS) is 1. The molecule has 0 aliphatic rings. The summed E-state index contributed by atoms with van der Waals surface area (Å²) >= 11 is 5.77. The molecule has 18 heavy (non-hydrogen) atoms. The molecule has 1 atom stereocenters. The van der Waals surface area contributed by atoms with Crippen molar-refractivity contribution in [1.82, 2.24) is 0 Å². The van der Waals surface area contributed by atoms with E-state index in [0.717, 1.165) is 0 Å². The average molecular weight is 271 g/mol. The lowest BCUT2D eigenvalue weighted by Gasteiger charge is -2.11. The highest BCUT2D eigenvalue weighted by atomic mass is 35.5. The molecule has 1 aromatic rings. The van der Waals surface area contributed by atoms with Crippen molar-refractivity contribution in [1.29, 1.82) is 0 Å². The Morgan fingerprint density at radius 1 is 1.50 bits per heavy atom. The third-order valence-corrected chi connectivity index (χ3v) is 2.80. The van der Waals surface area contributed by atoms with E-state index in [-0.39, 0.29) is 0 Å². The second-order valence-corrected chi connectivity index (χ2v) is 4.45. The average Bonchev–Trinajstić information content (AvgIpc) is 2.30. The maximum absolute atomic E-state index is 11.2. The van der Waals surface area contributed by atoms with Crippen molar-refractivity contribution in [2.75, 3.05) is 11.9 Å². The van der Waals surface area contributed by atoms with Crippen LogP contribution in [0.4, 0.5) is 5.69 Å². The van der Waals surface area contributed by atoms with Crippen LogP contribution < -0.4 is 11.1 Å². The number of hydrogen-bond donors (Lipinski definition) is 3. The number of anilines is 1. The lowest BCUT2D eigenvalue weighted by atomic mass is 10.1. The van der Waals surface area contributed by atoms with E-state index in [1.807, 2.05) is 0 Å². The number of primary amides is 1. The molecule has 1 rings (SSSR count). The minimum atomic E-state index is -0.844. The summed E-state index contributed by atoms with van der Waals surface area (Å²) in [5.41, 5.74) is 6.09. The van der Waals surface area contributed by atoms with Crippen molar-refractivity contribution >= 4 is 29.2 Å². The highest BCUT2D eigenvalue weighted by molar-refractivity contribution is 6.31. The highest BCUT2D eigenvalue weighted by Gasteiger charge is 2.12. The lowest BCUT2D eigenvalue weighted by molar-refractivity contribution is -0.141. The molecule has 0 bridgehead atoms. The number of hydrogen-bond acceptors (Lipinski definition) is 3. The van der Waals surface area contributed by atoms with E-state index < -0.39 is 17.8 Å². The van der Waals surface area contributed by atoms with Gasteiger partial charge in [-0.3, -0.25) is 9.59 Å². The van der Waals surface area contributed by atoms with Gasteiger partial charge in [-0.25, -0.2) is 0 Å². The number of amides is 1. The third kappa shape index (κ3) is 3.92. The van der Waals surface area contributed by atoms with Gasteiger partial charge in [0.05, 0.1) is 11.5 Å². The van der Waals surface area contributed by atoms with Crippen molar-refractivity contribution in [2.24, 2.45) is 11.7 Å². The Morgan fingerprint density at radius 2 is 2.17 bits per heavy atom. The molecule has 5 nitrogen and oxygen atoms in total. The highest BCUT2D eigenvalue weighted by Crippen LogP contribution is 2.20. The normalized spacial score (nSPS) is 11.9. The summed E-state index contributed by atoms with van der Waals surface area (Å²) < 4.78 is 0. The third-order valence-electron chi connectivity index (χ3n) is 2.56. The smallest absolute Gasteiger partial charge is 0.306 e. The van der Waals surface area contributed by atoms with E-state index in [4.69, 9.17) is 22.4 Å². The van der Waals surface area contributed by atoms with Gasteiger partial charge in [0, 0.05) is 17.3 Å². The van der Waals surface area contributed by atoms with Crippen molar-refractivity contribution in [3.63, 3.8) is 0 Å². The van der Waals surface area contributed by atoms with Gasteiger partial charge in [-0.05, 0) is 24.6 Å². The Balaban J connectivity index is 2.67. The lowest BCUT2D eigenvalue weighted by Crippen LogP contribution is -2.17. The number of carbonyl (C=O) groups is 2. The number of benzene rings is 1. The molecule has 0 spiro atoms. The number of nitrogens with two attached hydrogens (primary N) is 1. The fourth-order valence-electron chi connectivity index (χ4n) is 1.42. The van der Waals surface area contributed by atoms with E-state index in [9.17, 15) is 9.59 Å². The van der Waals surface area contributed by atoms with Gasteiger partial charge in [0.1, 0.15) is 0 Å². The summed E-state index contributed by atoms with van der Waals surface area (Å²) in [6.07, 6.45) is 0.455. The van der Waals surface area contributed by atoms with Gasteiger partial charge in [-0.2, -0.15) is 0 Å². The molecule has 0 fully saturated rings. The van der Waals surface area contributed by atoms with Gasteiger partial charge in [-0.1, -0.05) is 18.5 Å². The number of carboxylic acids is 1. The number of carbonyl (C=O) groups excluding carboxylic acids is 1. The van der Waals surface area contributed by atoms with E-state index in [1.54, 1.807) is 19.1 Å². The largest absolute Gasteiger partial charge is 0.481 e. The summed E-state index contributed by atoms with van der Waals surface area (Å²) in [5.74, 6) is -1.86. The van der Waals surface area contributed by atoms with Crippen molar-refractivity contribution in [2.45, 2.75) is 13.3 Å². The first-order valence-electron chi connectivity index (χ1n) is 5.48. The van der Waals surface area contributed by atoms with Gasteiger partial charge in [0.15, 0.2) is 0 Å². The molecule has 0 aliphatic carbocycles. The van der Waals surface area contributed by atoms with Crippen LogP contribution in [0.25, 0.3) is 0 Å². The van der Waals surface area contributed by atoms with E-state index in [2.05, 4.69) is 5.32 Å². The van der Waals surface area contributed by atoms with E-state index >= 15 is 0 Å². The Kier molecular flexibility index (Phi) is 4.97. The van der Waals surface area contributed by atoms with Crippen LogP contribution in [0, 0.1) is 5.92 Å². The first-order chi connectivity index (χ1) is 8.41. The van der Waals surface area contributed by atoms with Crippen molar-refractivity contribution < 1.29 is 14.7 Å². The maximum atomic E-state index is 11.2. The first-order valence-corrected chi connectivity index (χ1v) is 5.85. The Labute approximate surface area is 110 Å². The van der Waals surface area contributed by atoms with Gasteiger partial charge < -0.3 is 16.2 Å². The quantitative estimate of drug-likeness (QED) is 0.737. The molecule has 1 amide bonds. The molecule has 6 heteroatoms. The zero-order valence-electron chi connectivity index (χ0n) is 9.94. The number of aliphatic carboxylic acids is 1. The van der Waals surface area contributed by atoms with Crippen LogP contribution >= 0.6 is 11.6 Å². The first kappa shape index (κ1) is 14.3. The van der Waals surface area contributed by atoms with Crippen LogP contribution in [0.3, 0.4) is 0 Å². The molecular formula is C12H15ClN2O3. The number of nitrogens with one attached hydrogen (secondary N) is 1. The number of halogens is 1. The second kappa shape index (κ2) is 6.26. The summed E-state index contributed by atoms with van der Waals surface area (Å²) in [6, 6.07) is 4.76. The Bertz CT molecular complexity index is 463. The van der Waals surface area contributed by atoms with Crippen LogP contribution in [0.15, 0.2) is 18.2 Å². The molecular weight excluding hydrogens is 256 g/mol. The van der Waals surface area contributed by atoms with E-state index in [1.165, 1.54) is 6.07 Å². The van der Waals surface area contributed by atoms with Gasteiger partial charge in [0.25, 0.3) is 5.91 Å². The SMILES string of the molecule is CC(CCNc1ccc(Cl)cc1C(N)=O)C(=O)O. The summed E-state index contributed by atoms with van der Waals surface area (Å²) in [5, 5.41) is 12.1. The predicted octanol–water partition coefficient (Wildman–Crippen LogP) is 1.96. The monoisotopic (exact) mass is 270 g/mol. The van der Waals surface area contributed by atoms with Crippen LogP contribution in [0.5, 0.6) is 0 Å². The standard InChI is InChI=1S/C12H15ClN2O3/c1-7(12(17)18)4-5-15-10-3-2-8(13)6-9(10)11(14)16/h2-3,6-7,15H,4-5H2,1H3,(H2,14,16)(H,17,18). The zero-order chi connectivity index (χ0) is 13.7. The second-order valence-electron chi connectivity index (χ2n) is 4.01. The summed E-state index contributed by atoms with van der Waals surface area (Å²) in [6.45, 7) is 2.07. The predicted molar refractivity (Wildman–Crippen MR) is 69.9 cm³/mol. The molecule has 1 unspecified atom stereocenters. The van der Waals surface area contributed by atoms with Gasteiger partial charge in [0.2, 0.25) is 0 Å². The molecule has 0 saturated heterocycles. The molecule has 0 radical (unpaired) electrons. The minimum absolute atomic E-state index is 0.297. The molecule has 0 aliphatic heterocycles. The fourth-order valence-corrected chi connectivity index (χ4v) is 1.59. The van der Waals surface area contributed by atoms with Crippen molar-refractivity contribution in [3.05, 3.63) is 28.8 Å². The Hall–Kier alpha value is -1.75. The van der Waals surface area contributed by atoms with Crippen LogP contribution in [-0.2, 0) is 4.79 Å². The zero-order valence-corrected chi connectivity index (χ0v) is 10.7. The number of rotatable bonds is 6. The Morgan fingerprint density at radius 3 is 2.72 bits per heavy atom. The minimum Gasteiger partial charge on any atom is -0.481 e. The topological polar surface area (TPSA) is 92.4 Å². The van der Waals surface area contributed by atoms with Gasteiger partial charge in [-0.15, -0.1) is 0 Å². The molecule has 98 valence electrons. The van der Waals surface area contributed by atoms with Crippen LogP contribution in [0.1, 0.15) is 23.7 Å². The fraction of sp³-hybridized carbons (Fsp3) is 0.333. The summed E-state index contributed by atoms with van der Waals surface area (Å²) in [4.78, 5) is 21.9. The molecule has 0 aromatic heterocycles. The van der Waals surface area contributed by atoms with Crippen LogP contribution in [0.2, 0.25) is 5.02 Å². The molecule has 0 saturated carbocycles. The maximum Gasteiger partial charge on any atom is 0.306 e. The molecule has 1 aromatic carbocycles. The summed E-state index contributed by atoms with van der Waals surface area (Å²) in [7, 11) is 0. The van der Waals surface area contributed by atoms with Crippen LogP contribution in [-0.4, -0.2) is 23.5 Å². The van der Waals surface area contributed by atoms with E-state index in [0.29, 0.717) is 29.2 Å². The van der Waals surface area contributed by atoms with Crippen molar-refractivity contribution in [3.8, 4) is 0 Å².